The van der Waals surface area contributed by atoms with Gasteiger partial charge in [0.1, 0.15) is 6.54 Å². The third-order valence-electron chi connectivity index (χ3n) is 2.41. The Bertz CT molecular complexity index is 255. The molecule has 5 heteroatoms. The van der Waals surface area contributed by atoms with Crippen molar-refractivity contribution in [1.29, 1.82) is 0 Å². The van der Waals surface area contributed by atoms with Gasteiger partial charge in [-0.3, -0.25) is 9.59 Å². The Morgan fingerprint density at radius 1 is 1.28 bits per heavy atom. The van der Waals surface area contributed by atoms with Crippen LogP contribution in [0.5, 0.6) is 0 Å². The molecule has 0 aromatic rings. The minimum atomic E-state index is -0.342. The summed E-state index contributed by atoms with van der Waals surface area (Å²) in [5.74, 6) is -0.00610. The monoisotopic (exact) mass is 258 g/mol. The lowest BCUT2D eigenvalue weighted by Crippen LogP contribution is -2.38. The zero-order valence-electron chi connectivity index (χ0n) is 11.8. The van der Waals surface area contributed by atoms with Gasteiger partial charge in [-0.05, 0) is 32.2 Å². The van der Waals surface area contributed by atoms with E-state index in [1.165, 1.54) is 0 Å². The predicted molar refractivity (Wildman–Crippen MR) is 71.0 cm³/mol. The lowest BCUT2D eigenvalue weighted by atomic mass is 10.1. The van der Waals surface area contributed by atoms with Gasteiger partial charge in [0, 0.05) is 13.0 Å². The summed E-state index contributed by atoms with van der Waals surface area (Å²) in [5, 5.41) is 0. The lowest BCUT2D eigenvalue weighted by molar-refractivity contribution is -0.149. The maximum Gasteiger partial charge on any atom is 0.325 e. The highest BCUT2D eigenvalue weighted by Crippen LogP contribution is 2.05. The molecule has 0 fully saturated rings. The quantitative estimate of drug-likeness (QED) is 0.497. The fourth-order valence-electron chi connectivity index (χ4n) is 1.64. The standard InChI is InChI=1S/C13H26N2O3/c1-4-18-13(17)10-15(9-11(2)3)12(16)7-5-6-8-14/h11H,4-10,14H2,1-3H3. The van der Waals surface area contributed by atoms with Crippen molar-refractivity contribution in [2.45, 2.75) is 40.0 Å². The first-order chi connectivity index (χ1) is 8.51. The number of hydrogen-bond donors (Lipinski definition) is 1. The van der Waals surface area contributed by atoms with Gasteiger partial charge in [-0.25, -0.2) is 0 Å². The first-order valence-electron chi connectivity index (χ1n) is 6.64. The molecule has 0 aromatic carbocycles. The van der Waals surface area contributed by atoms with E-state index in [0.29, 0.717) is 32.0 Å². The third kappa shape index (κ3) is 8.06. The van der Waals surface area contributed by atoms with Crippen LogP contribution < -0.4 is 5.73 Å². The Kier molecular flexibility index (Phi) is 9.28. The van der Waals surface area contributed by atoms with Crippen molar-refractivity contribution in [2.24, 2.45) is 11.7 Å². The zero-order valence-corrected chi connectivity index (χ0v) is 11.8. The Labute approximate surface area is 110 Å². The summed E-state index contributed by atoms with van der Waals surface area (Å²) >= 11 is 0. The number of rotatable bonds is 9. The summed E-state index contributed by atoms with van der Waals surface area (Å²) in [5.41, 5.74) is 5.39. The highest BCUT2D eigenvalue weighted by Gasteiger charge is 2.18. The normalized spacial score (nSPS) is 10.5. The molecule has 0 atom stereocenters. The smallest absolute Gasteiger partial charge is 0.325 e. The molecule has 0 aliphatic heterocycles. The molecule has 106 valence electrons. The first kappa shape index (κ1) is 16.9. The summed E-state index contributed by atoms with van der Waals surface area (Å²) < 4.78 is 4.88. The van der Waals surface area contributed by atoms with Crippen molar-refractivity contribution >= 4 is 11.9 Å². The van der Waals surface area contributed by atoms with Crippen LogP contribution in [0.3, 0.4) is 0 Å². The number of nitrogens with two attached hydrogens (primary N) is 1. The van der Waals surface area contributed by atoms with E-state index >= 15 is 0 Å². The van der Waals surface area contributed by atoms with E-state index in [1.807, 2.05) is 13.8 Å². The molecule has 0 saturated heterocycles. The molecule has 0 radical (unpaired) electrons. The number of esters is 1. The maximum absolute atomic E-state index is 12.0. The maximum atomic E-state index is 12.0. The van der Waals surface area contributed by atoms with Crippen molar-refractivity contribution in [3.8, 4) is 0 Å². The summed E-state index contributed by atoms with van der Waals surface area (Å²) in [6.45, 7) is 7.36. The molecule has 18 heavy (non-hydrogen) atoms. The fourth-order valence-corrected chi connectivity index (χ4v) is 1.64. The summed E-state index contributed by atoms with van der Waals surface area (Å²) in [4.78, 5) is 25.0. The molecule has 0 aliphatic carbocycles. The Morgan fingerprint density at radius 2 is 1.94 bits per heavy atom. The van der Waals surface area contributed by atoms with E-state index < -0.39 is 0 Å². The number of carbonyl (C=O) groups excluding carboxylic acids is 2. The summed E-state index contributed by atoms with van der Waals surface area (Å²) in [6.07, 6.45) is 2.05. The highest BCUT2D eigenvalue weighted by molar-refractivity contribution is 5.82. The molecule has 0 aliphatic rings. The van der Waals surface area contributed by atoms with Gasteiger partial charge in [0.25, 0.3) is 0 Å². The minimum Gasteiger partial charge on any atom is -0.465 e. The average molecular weight is 258 g/mol. The van der Waals surface area contributed by atoms with Crippen molar-refractivity contribution in [1.82, 2.24) is 4.90 Å². The minimum absolute atomic E-state index is 0.00482. The van der Waals surface area contributed by atoms with Gasteiger partial charge in [0.05, 0.1) is 6.61 Å². The van der Waals surface area contributed by atoms with Crippen LogP contribution in [0, 0.1) is 5.92 Å². The molecule has 0 heterocycles. The third-order valence-corrected chi connectivity index (χ3v) is 2.41. The molecular formula is C13H26N2O3. The number of amides is 1. The SMILES string of the molecule is CCOC(=O)CN(CC(C)C)C(=O)CCCCN. The molecule has 1 amide bonds. The fraction of sp³-hybridized carbons (Fsp3) is 0.846. The molecular weight excluding hydrogens is 232 g/mol. The number of carbonyl (C=O) groups is 2. The lowest BCUT2D eigenvalue weighted by Gasteiger charge is -2.23. The molecule has 0 unspecified atom stereocenters. The molecule has 0 rings (SSSR count). The van der Waals surface area contributed by atoms with Gasteiger partial charge in [0.15, 0.2) is 0 Å². The average Bonchev–Trinajstić information content (AvgIpc) is 2.28. The topological polar surface area (TPSA) is 72.6 Å². The molecule has 2 N–H and O–H groups in total. The second-order valence-electron chi connectivity index (χ2n) is 4.72. The van der Waals surface area contributed by atoms with Crippen LogP contribution in [0.15, 0.2) is 0 Å². The molecule has 0 aromatic heterocycles. The van der Waals surface area contributed by atoms with Crippen LogP contribution in [0.25, 0.3) is 0 Å². The zero-order chi connectivity index (χ0) is 14.0. The second-order valence-corrected chi connectivity index (χ2v) is 4.72. The first-order valence-corrected chi connectivity index (χ1v) is 6.64. The Hall–Kier alpha value is -1.10. The van der Waals surface area contributed by atoms with E-state index in [4.69, 9.17) is 10.5 Å². The van der Waals surface area contributed by atoms with E-state index in [1.54, 1.807) is 11.8 Å². The van der Waals surface area contributed by atoms with Crippen molar-refractivity contribution in [3.05, 3.63) is 0 Å². The molecule has 0 bridgehead atoms. The molecule has 5 nitrogen and oxygen atoms in total. The van der Waals surface area contributed by atoms with Gasteiger partial charge >= 0.3 is 5.97 Å². The Morgan fingerprint density at radius 3 is 2.44 bits per heavy atom. The van der Waals surface area contributed by atoms with Crippen LogP contribution in [0.4, 0.5) is 0 Å². The van der Waals surface area contributed by atoms with Crippen LogP contribution in [0.1, 0.15) is 40.0 Å². The van der Waals surface area contributed by atoms with Crippen LogP contribution in [-0.4, -0.2) is 43.0 Å². The number of ether oxygens (including phenoxy) is 1. The Balaban J connectivity index is 4.28. The molecule has 0 saturated carbocycles. The van der Waals surface area contributed by atoms with Crippen LogP contribution in [0.2, 0.25) is 0 Å². The summed E-state index contributed by atoms with van der Waals surface area (Å²) in [7, 11) is 0. The van der Waals surface area contributed by atoms with Crippen molar-refractivity contribution < 1.29 is 14.3 Å². The van der Waals surface area contributed by atoms with Gasteiger partial charge in [-0.15, -0.1) is 0 Å². The number of unbranched alkanes of at least 4 members (excludes halogenated alkanes) is 1. The van der Waals surface area contributed by atoms with E-state index in [2.05, 4.69) is 0 Å². The molecule has 0 spiro atoms. The van der Waals surface area contributed by atoms with Crippen LogP contribution >= 0.6 is 0 Å². The van der Waals surface area contributed by atoms with Crippen LogP contribution in [-0.2, 0) is 14.3 Å². The van der Waals surface area contributed by atoms with Gasteiger partial charge < -0.3 is 15.4 Å². The largest absolute Gasteiger partial charge is 0.465 e. The van der Waals surface area contributed by atoms with E-state index in [-0.39, 0.29) is 18.4 Å². The highest BCUT2D eigenvalue weighted by atomic mass is 16.5. The summed E-state index contributed by atoms with van der Waals surface area (Å²) in [6, 6.07) is 0. The van der Waals surface area contributed by atoms with Gasteiger partial charge in [0.2, 0.25) is 5.91 Å². The number of hydrogen-bond acceptors (Lipinski definition) is 4. The second kappa shape index (κ2) is 9.88. The predicted octanol–water partition coefficient (Wildman–Crippen LogP) is 1.16. The van der Waals surface area contributed by atoms with Crippen molar-refractivity contribution in [2.75, 3.05) is 26.2 Å². The van der Waals surface area contributed by atoms with Gasteiger partial charge in [-0.1, -0.05) is 13.8 Å². The van der Waals surface area contributed by atoms with E-state index in [9.17, 15) is 9.59 Å². The van der Waals surface area contributed by atoms with Gasteiger partial charge in [-0.2, -0.15) is 0 Å². The van der Waals surface area contributed by atoms with Crippen molar-refractivity contribution in [3.63, 3.8) is 0 Å². The number of nitrogens with zero attached hydrogens (tertiary/aromatic N) is 1. The van der Waals surface area contributed by atoms with E-state index in [0.717, 1.165) is 12.8 Å².